The number of aliphatic hydroxyl groups is 1. The molecule has 4 aromatic rings. The molecule has 9 nitrogen and oxygen atoms in total. The quantitative estimate of drug-likeness (QED) is 0.0670. The first-order chi connectivity index (χ1) is 25.9. The SMILES string of the molecule is CCC(C)CNC(=O)CC(O)C(CC(C)C)NC(=O)C(C/C=C/CNC(C)=O)NC(=O)C(Cc1ccc2ccccc2c1)Cc1cccc2ccccc12. The van der Waals surface area contributed by atoms with Crippen LogP contribution in [-0.2, 0) is 32.0 Å². The van der Waals surface area contributed by atoms with Gasteiger partial charge in [0, 0.05) is 25.9 Å². The molecule has 0 aromatic heterocycles. The number of benzene rings is 4. The molecule has 5 atom stereocenters. The highest BCUT2D eigenvalue weighted by molar-refractivity contribution is 5.91. The summed E-state index contributed by atoms with van der Waals surface area (Å²) < 4.78 is 0. The maximum Gasteiger partial charge on any atom is 0.243 e. The fraction of sp³-hybridized carbons (Fsp3) is 0.422. The number of amides is 4. The number of rotatable bonds is 20. The molecule has 5 unspecified atom stereocenters. The molecule has 0 saturated heterocycles. The molecule has 0 heterocycles. The summed E-state index contributed by atoms with van der Waals surface area (Å²) in [5.74, 6) is -1.25. The van der Waals surface area contributed by atoms with Crippen LogP contribution in [0.4, 0.5) is 0 Å². The third-order valence-electron chi connectivity index (χ3n) is 9.91. The third-order valence-corrected chi connectivity index (χ3v) is 9.91. The van der Waals surface area contributed by atoms with E-state index in [-0.39, 0.29) is 43.0 Å². The first-order valence-corrected chi connectivity index (χ1v) is 19.3. The minimum absolute atomic E-state index is 0.116. The Morgan fingerprint density at radius 1 is 0.759 bits per heavy atom. The van der Waals surface area contributed by atoms with Crippen molar-refractivity contribution in [2.24, 2.45) is 17.8 Å². The van der Waals surface area contributed by atoms with Crippen molar-refractivity contribution >= 4 is 45.2 Å². The van der Waals surface area contributed by atoms with E-state index >= 15 is 0 Å². The van der Waals surface area contributed by atoms with Crippen molar-refractivity contribution < 1.29 is 24.3 Å². The van der Waals surface area contributed by atoms with Crippen molar-refractivity contribution in [1.29, 1.82) is 0 Å². The number of aliphatic hydroxyl groups excluding tert-OH is 1. The Balaban J connectivity index is 1.60. The lowest BCUT2D eigenvalue weighted by Gasteiger charge is -2.28. The van der Waals surface area contributed by atoms with Gasteiger partial charge in [-0.05, 0) is 70.2 Å². The van der Waals surface area contributed by atoms with Crippen molar-refractivity contribution in [2.45, 2.75) is 91.3 Å². The van der Waals surface area contributed by atoms with Gasteiger partial charge in [-0.25, -0.2) is 0 Å². The second-order valence-corrected chi connectivity index (χ2v) is 15.0. The summed E-state index contributed by atoms with van der Waals surface area (Å²) in [6.07, 6.45) is 4.67. The topological polar surface area (TPSA) is 137 Å². The van der Waals surface area contributed by atoms with E-state index in [0.717, 1.165) is 39.1 Å². The van der Waals surface area contributed by atoms with Gasteiger partial charge in [0.25, 0.3) is 0 Å². The monoisotopic (exact) mass is 734 g/mol. The number of hydrogen-bond acceptors (Lipinski definition) is 5. The third kappa shape index (κ3) is 13.1. The van der Waals surface area contributed by atoms with Crippen LogP contribution in [-0.4, -0.2) is 60.0 Å². The van der Waals surface area contributed by atoms with Gasteiger partial charge in [0.2, 0.25) is 23.6 Å². The predicted molar refractivity (Wildman–Crippen MR) is 218 cm³/mol. The van der Waals surface area contributed by atoms with Gasteiger partial charge < -0.3 is 26.4 Å². The van der Waals surface area contributed by atoms with E-state index in [1.165, 1.54) is 6.92 Å². The molecule has 0 fully saturated rings. The molecule has 0 aliphatic carbocycles. The Kier molecular flexibility index (Phi) is 16.2. The molecule has 0 aliphatic heterocycles. The van der Waals surface area contributed by atoms with Gasteiger partial charge in [0.1, 0.15) is 6.04 Å². The highest BCUT2D eigenvalue weighted by Gasteiger charge is 2.30. The lowest BCUT2D eigenvalue weighted by atomic mass is 9.88. The van der Waals surface area contributed by atoms with Gasteiger partial charge in [-0.15, -0.1) is 0 Å². The molecule has 0 saturated carbocycles. The maximum absolute atomic E-state index is 14.5. The van der Waals surface area contributed by atoms with E-state index in [1.807, 2.05) is 51.1 Å². The number of fused-ring (bicyclic) bond motifs is 2. The largest absolute Gasteiger partial charge is 0.390 e. The van der Waals surface area contributed by atoms with Crippen LogP contribution < -0.4 is 21.3 Å². The van der Waals surface area contributed by atoms with Crippen LogP contribution in [0.3, 0.4) is 0 Å². The zero-order chi connectivity index (χ0) is 39.0. The summed E-state index contributed by atoms with van der Waals surface area (Å²) >= 11 is 0. The Morgan fingerprint density at radius 2 is 1.46 bits per heavy atom. The highest BCUT2D eigenvalue weighted by atomic mass is 16.3. The average molecular weight is 735 g/mol. The molecule has 0 radical (unpaired) electrons. The standard InChI is InChI=1S/C45H58N4O5/c1-6-31(4)29-47-43(52)28-42(51)41(24-30(2)3)49-45(54)40(20-11-12-23-46-32(5)50)48-44(53)38(26-33-21-22-34-14-7-8-16-36(34)25-33)27-37-18-13-17-35-15-9-10-19-39(35)37/h7-19,21-22,25,30-31,38,40-42,51H,6,20,23-24,26-29H2,1-5H3,(H,46,50)(H,47,52)(H,48,53)(H,49,54)/b12-11+. The Bertz CT molecular complexity index is 1880. The van der Waals surface area contributed by atoms with Crippen LogP contribution in [0, 0.1) is 17.8 Å². The zero-order valence-corrected chi connectivity index (χ0v) is 32.4. The molecule has 54 heavy (non-hydrogen) atoms. The summed E-state index contributed by atoms with van der Waals surface area (Å²) in [4.78, 5) is 52.7. The maximum atomic E-state index is 14.5. The van der Waals surface area contributed by atoms with E-state index in [9.17, 15) is 24.3 Å². The first-order valence-electron chi connectivity index (χ1n) is 19.3. The van der Waals surface area contributed by atoms with Crippen molar-refractivity contribution in [3.8, 4) is 0 Å². The summed E-state index contributed by atoms with van der Waals surface area (Å²) in [6.45, 7) is 10.3. The molecule has 4 aromatic carbocycles. The molecule has 4 amide bonds. The van der Waals surface area contributed by atoms with E-state index < -0.39 is 30.0 Å². The average Bonchev–Trinajstić information content (AvgIpc) is 3.15. The lowest BCUT2D eigenvalue weighted by Crippen LogP contribution is -2.54. The normalized spacial score (nSPS) is 14.4. The zero-order valence-electron chi connectivity index (χ0n) is 32.4. The minimum atomic E-state index is -1.12. The molecule has 0 aliphatic rings. The number of hydrogen-bond donors (Lipinski definition) is 5. The van der Waals surface area contributed by atoms with Crippen molar-refractivity contribution in [1.82, 2.24) is 21.3 Å². The Morgan fingerprint density at radius 3 is 2.19 bits per heavy atom. The van der Waals surface area contributed by atoms with E-state index in [2.05, 4.69) is 82.8 Å². The van der Waals surface area contributed by atoms with Gasteiger partial charge >= 0.3 is 0 Å². The molecule has 288 valence electrons. The van der Waals surface area contributed by atoms with Crippen LogP contribution in [0.1, 0.15) is 71.4 Å². The van der Waals surface area contributed by atoms with E-state index in [1.54, 1.807) is 12.2 Å². The summed E-state index contributed by atoms with van der Waals surface area (Å²) in [5, 5.41) is 27.2. The summed E-state index contributed by atoms with van der Waals surface area (Å²) in [6, 6.07) is 26.9. The van der Waals surface area contributed by atoms with Gasteiger partial charge in [-0.1, -0.05) is 131 Å². The Labute approximate surface area is 320 Å². The van der Waals surface area contributed by atoms with E-state index in [0.29, 0.717) is 31.7 Å². The Hall–Kier alpha value is -5.02. The van der Waals surface area contributed by atoms with Crippen molar-refractivity contribution in [3.05, 3.63) is 108 Å². The van der Waals surface area contributed by atoms with Crippen molar-refractivity contribution in [2.75, 3.05) is 13.1 Å². The molecule has 4 rings (SSSR count). The van der Waals surface area contributed by atoms with Gasteiger partial charge in [0.15, 0.2) is 0 Å². The highest BCUT2D eigenvalue weighted by Crippen LogP contribution is 2.25. The second kappa shape index (κ2) is 21.0. The van der Waals surface area contributed by atoms with Crippen LogP contribution in [0.5, 0.6) is 0 Å². The molecule has 0 spiro atoms. The number of nitrogens with one attached hydrogen (secondary N) is 4. The number of carbonyl (C=O) groups excluding carboxylic acids is 4. The fourth-order valence-corrected chi connectivity index (χ4v) is 6.62. The summed E-state index contributed by atoms with van der Waals surface area (Å²) in [7, 11) is 0. The van der Waals surface area contributed by atoms with Gasteiger partial charge in [-0.3, -0.25) is 19.2 Å². The van der Waals surface area contributed by atoms with Crippen LogP contribution in [0.15, 0.2) is 97.1 Å². The first kappa shape index (κ1) is 41.7. The smallest absolute Gasteiger partial charge is 0.243 e. The molecular formula is C45H58N4O5. The van der Waals surface area contributed by atoms with Gasteiger partial charge in [-0.2, -0.15) is 0 Å². The summed E-state index contributed by atoms with van der Waals surface area (Å²) in [5.41, 5.74) is 2.05. The molecular weight excluding hydrogens is 677 g/mol. The van der Waals surface area contributed by atoms with Gasteiger partial charge in [0.05, 0.1) is 18.6 Å². The van der Waals surface area contributed by atoms with Crippen LogP contribution in [0.2, 0.25) is 0 Å². The fourth-order valence-electron chi connectivity index (χ4n) is 6.62. The minimum Gasteiger partial charge on any atom is -0.390 e. The number of carbonyl (C=O) groups is 4. The predicted octanol–water partition coefficient (Wildman–Crippen LogP) is 6.41. The van der Waals surface area contributed by atoms with Crippen molar-refractivity contribution in [3.63, 3.8) is 0 Å². The second-order valence-electron chi connectivity index (χ2n) is 15.0. The van der Waals surface area contributed by atoms with Crippen LogP contribution >= 0.6 is 0 Å². The molecule has 5 N–H and O–H groups in total. The van der Waals surface area contributed by atoms with Crippen LogP contribution in [0.25, 0.3) is 21.5 Å². The van der Waals surface area contributed by atoms with E-state index in [4.69, 9.17) is 0 Å². The molecule has 0 bridgehead atoms. The molecule has 9 heteroatoms. The lowest BCUT2D eigenvalue weighted by molar-refractivity contribution is -0.132.